The predicted octanol–water partition coefficient (Wildman–Crippen LogP) is 0.927. The molecular formula is C13H25N3O3. The molecule has 1 aliphatic heterocycles. The molecule has 1 heterocycles. The number of likely N-dealkylation sites (N-methyl/N-ethyl adjacent to an activating group) is 1. The van der Waals surface area contributed by atoms with Gasteiger partial charge in [0.15, 0.2) is 0 Å². The number of hydrogen-bond acceptors (Lipinski definition) is 3. The Morgan fingerprint density at radius 1 is 1.16 bits per heavy atom. The van der Waals surface area contributed by atoms with Gasteiger partial charge < -0.3 is 14.9 Å². The van der Waals surface area contributed by atoms with E-state index in [2.05, 4.69) is 25.7 Å². The van der Waals surface area contributed by atoms with Crippen LogP contribution in [-0.4, -0.2) is 76.6 Å². The smallest absolute Gasteiger partial charge is 0.326 e. The fraction of sp³-hybridized carbons (Fsp3) is 0.846. The van der Waals surface area contributed by atoms with E-state index < -0.39 is 12.0 Å². The number of carboxylic acids is 1. The Balaban J connectivity index is 2.56. The summed E-state index contributed by atoms with van der Waals surface area (Å²) in [5.41, 5.74) is 0.107. The van der Waals surface area contributed by atoms with Gasteiger partial charge in [0.25, 0.3) is 0 Å². The molecule has 1 unspecified atom stereocenters. The third kappa shape index (κ3) is 3.83. The Hall–Kier alpha value is -1.30. The van der Waals surface area contributed by atoms with Gasteiger partial charge >= 0.3 is 12.0 Å². The molecule has 1 atom stereocenters. The van der Waals surface area contributed by atoms with E-state index >= 15 is 0 Å². The lowest BCUT2D eigenvalue weighted by atomic mass is 10.1. The third-order valence-corrected chi connectivity index (χ3v) is 3.74. The minimum absolute atomic E-state index is 0.107. The number of urea groups is 1. The summed E-state index contributed by atoms with van der Waals surface area (Å²) in [5.74, 6) is -0.982. The first-order valence-electron chi connectivity index (χ1n) is 6.64. The SMILES string of the molecule is CC(C(=O)O)N(C)C(=O)N1CCN(C(C)(C)C)CC1. The van der Waals surface area contributed by atoms with Crippen LogP contribution in [0, 0.1) is 0 Å². The topological polar surface area (TPSA) is 64.1 Å². The monoisotopic (exact) mass is 271 g/mol. The quantitative estimate of drug-likeness (QED) is 0.811. The number of carbonyl (C=O) groups excluding carboxylic acids is 1. The average molecular weight is 271 g/mol. The van der Waals surface area contributed by atoms with Gasteiger partial charge in [-0.2, -0.15) is 0 Å². The normalized spacial score (nSPS) is 19.1. The lowest BCUT2D eigenvalue weighted by Crippen LogP contribution is -2.57. The lowest BCUT2D eigenvalue weighted by Gasteiger charge is -2.43. The maximum absolute atomic E-state index is 12.2. The zero-order chi connectivity index (χ0) is 14.8. The van der Waals surface area contributed by atoms with E-state index in [4.69, 9.17) is 5.11 Å². The molecule has 0 aliphatic carbocycles. The molecule has 1 saturated heterocycles. The molecule has 110 valence electrons. The molecule has 0 aromatic rings. The fourth-order valence-electron chi connectivity index (χ4n) is 2.12. The van der Waals surface area contributed by atoms with Crippen molar-refractivity contribution >= 4 is 12.0 Å². The van der Waals surface area contributed by atoms with Crippen LogP contribution in [-0.2, 0) is 4.79 Å². The molecule has 0 spiro atoms. The van der Waals surface area contributed by atoms with E-state index in [1.807, 2.05) is 0 Å². The first-order chi connectivity index (χ1) is 8.64. The van der Waals surface area contributed by atoms with Crippen LogP contribution in [0.25, 0.3) is 0 Å². The van der Waals surface area contributed by atoms with Crippen molar-refractivity contribution in [3.8, 4) is 0 Å². The highest BCUT2D eigenvalue weighted by Crippen LogP contribution is 2.16. The van der Waals surface area contributed by atoms with E-state index in [9.17, 15) is 9.59 Å². The highest BCUT2D eigenvalue weighted by molar-refractivity contribution is 5.82. The molecular weight excluding hydrogens is 246 g/mol. The maximum Gasteiger partial charge on any atom is 0.326 e. The van der Waals surface area contributed by atoms with Gasteiger partial charge in [-0.1, -0.05) is 0 Å². The molecule has 1 fully saturated rings. The van der Waals surface area contributed by atoms with Gasteiger partial charge in [-0.3, -0.25) is 4.90 Å². The van der Waals surface area contributed by atoms with Gasteiger partial charge in [0.05, 0.1) is 0 Å². The Labute approximate surface area is 115 Å². The van der Waals surface area contributed by atoms with Crippen molar-refractivity contribution in [1.82, 2.24) is 14.7 Å². The van der Waals surface area contributed by atoms with Gasteiger partial charge in [0, 0.05) is 38.8 Å². The fourth-order valence-corrected chi connectivity index (χ4v) is 2.12. The van der Waals surface area contributed by atoms with Gasteiger partial charge in [0.1, 0.15) is 6.04 Å². The summed E-state index contributed by atoms with van der Waals surface area (Å²) in [6.07, 6.45) is 0. The van der Waals surface area contributed by atoms with E-state index in [1.54, 1.807) is 4.90 Å². The standard InChI is InChI=1S/C13H25N3O3/c1-10(11(17)18)14(5)12(19)15-6-8-16(9-7-15)13(2,3)4/h10H,6-9H2,1-5H3,(H,17,18). The minimum atomic E-state index is -0.982. The summed E-state index contributed by atoms with van der Waals surface area (Å²) >= 11 is 0. The maximum atomic E-state index is 12.2. The molecule has 1 N–H and O–H groups in total. The second-order valence-electron chi connectivity index (χ2n) is 6.05. The van der Waals surface area contributed by atoms with E-state index in [-0.39, 0.29) is 11.6 Å². The van der Waals surface area contributed by atoms with Crippen LogP contribution in [0.2, 0.25) is 0 Å². The number of rotatable bonds is 2. The third-order valence-electron chi connectivity index (χ3n) is 3.74. The van der Waals surface area contributed by atoms with Crippen molar-refractivity contribution in [1.29, 1.82) is 0 Å². The largest absolute Gasteiger partial charge is 0.480 e. The summed E-state index contributed by atoms with van der Waals surface area (Å²) < 4.78 is 0. The van der Waals surface area contributed by atoms with Crippen LogP contribution >= 0.6 is 0 Å². The van der Waals surface area contributed by atoms with Crippen molar-refractivity contribution in [2.75, 3.05) is 33.2 Å². The summed E-state index contributed by atoms with van der Waals surface area (Å²) in [4.78, 5) is 28.4. The number of carbonyl (C=O) groups is 2. The van der Waals surface area contributed by atoms with Crippen LogP contribution in [0.15, 0.2) is 0 Å². The van der Waals surface area contributed by atoms with Crippen LogP contribution in [0.1, 0.15) is 27.7 Å². The zero-order valence-electron chi connectivity index (χ0n) is 12.5. The molecule has 6 nitrogen and oxygen atoms in total. The van der Waals surface area contributed by atoms with Crippen molar-refractivity contribution in [2.24, 2.45) is 0 Å². The van der Waals surface area contributed by atoms with Crippen molar-refractivity contribution < 1.29 is 14.7 Å². The molecule has 0 aromatic heterocycles. The lowest BCUT2D eigenvalue weighted by molar-refractivity contribution is -0.141. The predicted molar refractivity (Wildman–Crippen MR) is 73.2 cm³/mol. The molecule has 0 saturated carbocycles. The minimum Gasteiger partial charge on any atom is -0.480 e. The van der Waals surface area contributed by atoms with Gasteiger partial charge in [0.2, 0.25) is 0 Å². The first-order valence-corrected chi connectivity index (χ1v) is 6.64. The number of piperazine rings is 1. The van der Waals surface area contributed by atoms with Crippen LogP contribution in [0.3, 0.4) is 0 Å². The van der Waals surface area contributed by atoms with Crippen LogP contribution in [0.4, 0.5) is 4.79 Å². The molecule has 1 aliphatic rings. The van der Waals surface area contributed by atoms with Crippen molar-refractivity contribution in [3.63, 3.8) is 0 Å². The highest BCUT2D eigenvalue weighted by Gasteiger charge is 2.31. The molecule has 2 amide bonds. The Kier molecular flexibility index (Phi) is 4.79. The van der Waals surface area contributed by atoms with E-state index in [0.717, 1.165) is 13.1 Å². The highest BCUT2D eigenvalue weighted by atomic mass is 16.4. The average Bonchev–Trinajstić information content (AvgIpc) is 2.35. The Morgan fingerprint density at radius 3 is 2.00 bits per heavy atom. The molecule has 0 aromatic carbocycles. The molecule has 19 heavy (non-hydrogen) atoms. The molecule has 1 rings (SSSR count). The number of nitrogens with zero attached hydrogens (tertiary/aromatic N) is 3. The van der Waals surface area contributed by atoms with Gasteiger partial charge in [-0.25, -0.2) is 9.59 Å². The van der Waals surface area contributed by atoms with Gasteiger partial charge in [-0.15, -0.1) is 0 Å². The van der Waals surface area contributed by atoms with E-state index in [0.29, 0.717) is 13.1 Å². The van der Waals surface area contributed by atoms with Crippen LogP contribution in [0.5, 0.6) is 0 Å². The summed E-state index contributed by atoms with van der Waals surface area (Å²) in [6, 6.07) is -1.00. The van der Waals surface area contributed by atoms with Crippen molar-refractivity contribution in [3.05, 3.63) is 0 Å². The number of hydrogen-bond donors (Lipinski definition) is 1. The second kappa shape index (κ2) is 5.77. The zero-order valence-corrected chi connectivity index (χ0v) is 12.5. The second-order valence-corrected chi connectivity index (χ2v) is 6.05. The Morgan fingerprint density at radius 2 is 1.63 bits per heavy atom. The number of aliphatic carboxylic acids is 1. The summed E-state index contributed by atoms with van der Waals surface area (Å²) in [6.45, 7) is 10.9. The number of carboxylic acid groups (broad SMARTS) is 1. The molecule has 0 radical (unpaired) electrons. The number of amides is 2. The van der Waals surface area contributed by atoms with E-state index in [1.165, 1.54) is 18.9 Å². The first kappa shape index (κ1) is 15.8. The van der Waals surface area contributed by atoms with Crippen molar-refractivity contribution in [2.45, 2.75) is 39.3 Å². The molecule has 0 bridgehead atoms. The summed E-state index contributed by atoms with van der Waals surface area (Å²) in [7, 11) is 1.54. The van der Waals surface area contributed by atoms with Crippen LogP contribution < -0.4 is 0 Å². The molecule has 6 heteroatoms. The Bertz CT molecular complexity index is 344. The summed E-state index contributed by atoms with van der Waals surface area (Å²) in [5, 5.41) is 8.93. The van der Waals surface area contributed by atoms with Gasteiger partial charge in [-0.05, 0) is 27.7 Å².